The van der Waals surface area contributed by atoms with Crippen molar-refractivity contribution in [2.75, 3.05) is 13.1 Å². The van der Waals surface area contributed by atoms with Crippen LogP contribution in [-0.2, 0) is 6.42 Å². The lowest BCUT2D eigenvalue weighted by Gasteiger charge is -2.25. The van der Waals surface area contributed by atoms with Crippen molar-refractivity contribution in [3.8, 4) is 0 Å². The average Bonchev–Trinajstić information content (AvgIpc) is 2.19. The molecule has 0 spiro atoms. The highest BCUT2D eigenvalue weighted by molar-refractivity contribution is 5.14. The minimum atomic E-state index is 0.156. The molecule has 1 aromatic carbocycles. The predicted molar refractivity (Wildman–Crippen MR) is 65.9 cm³/mol. The average molecular weight is 206 g/mol. The Morgan fingerprint density at radius 3 is 2.47 bits per heavy atom. The molecule has 0 amide bonds. The van der Waals surface area contributed by atoms with Crippen LogP contribution in [0.4, 0.5) is 0 Å². The van der Waals surface area contributed by atoms with Crippen molar-refractivity contribution in [1.29, 1.82) is 0 Å². The Hall–Kier alpha value is -0.860. The molecule has 2 heteroatoms. The fraction of sp³-hybridized carbons (Fsp3) is 0.538. The summed E-state index contributed by atoms with van der Waals surface area (Å²) >= 11 is 0. The minimum Gasteiger partial charge on any atom is -0.330 e. The van der Waals surface area contributed by atoms with Crippen LogP contribution in [0.2, 0.25) is 0 Å². The van der Waals surface area contributed by atoms with Gasteiger partial charge in [-0.1, -0.05) is 30.3 Å². The molecule has 15 heavy (non-hydrogen) atoms. The summed E-state index contributed by atoms with van der Waals surface area (Å²) in [6, 6.07) is 10.5. The number of benzene rings is 1. The highest BCUT2D eigenvalue weighted by Gasteiger charge is 2.14. The van der Waals surface area contributed by atoms with Crippen LogP contribution in [0, 0.1) is 0 Å². The zero-order chi connectivity index (χ0) is 11.1. The van der Waals surface area contributed by atoms with E-state index in [1.165, 1.54) is 5.56 Å². The Bertz CT molecular complexity index is 267. The van der Waals surface area contributed by atoms with Gasteiger partial charge < -0.3 is 11.1 Å². The molecule has 0 radical (unpaired) electrons. The molecule has 0 fully saturated rings. The van der Waals surface area contributed by atoms with Crippen molar-refractivity contribution in [2.24, 2.45) is 5.73 Å². The van der Waals surface area contributed by atoms with E-state index in [9.17, 15) is 0 Å². The maximum atomic E-state index is 5.56. The van der Waals surface area contributed by atoms with Gasteiger partial charge in [0.2, 0.25) is 0 Å². The summed E-state index contributed by atoms with van der Waals surface area (Å²) in [5.74, 6) is 0. The van der Waals surface area contributed by atoms with Crippen molar-refractivity contribution >= 4 is 0 Å². The third-order valence-corrected chi connectivity index (χ3v) is 2.63. The summed E-state index contributed by atoms with van der Waals surface area (Å²) in [5, 5.41) is 3.53. The number of hydrogen-bond acceptors (Lipinski definition) is 2. The Morgan fingerprint density at radius 2 is 1.87 bits per heavy atom. The highest BCUT2D eigenvalue weighted by atomic mass is 14.9. The van der Waals surface area contributed by atoms with Gasteiger partial charge >= 0.3 is 0 Å². The largest absolute Gasteiger partial charge is 0.330 e. The van der Waals surface area contributed by atoms with Crippen molar-refractivity contribution in [1.82, 2.24) is 5.32 Å². The molecule has 1 aromatic rings. The lowest BCUT2D eigenvalue weighted by molar-refractivity contribution is 0.370. The normalized spacial score (nSPS) is 11.7. The van der Waals surface area contributed by atoms with Crippen LogP contribution < -0.4 is 11.1 Å². The van der Waals surface area contributed by atoms with E-state index in [4.69, 9.17) is 5.73 Å². The molecule has 0 aliphatic heterocycles. The fourth-order valence-electron chi connectivity index (χ4n) is 1.64. The maximum absolute atomic E-state index is 5.56. The second kappa shape index (κ2) is 5.89. The second-order valence-electron chi connectivity index (χ2n) is 4.58. The summed E-state index contributed by atoms with van der Waals surface area (Å²) in [7, 11) is 0. The summed E-state index contributed by atoms with van der Waals surface area (Å²) in [6.45, 7) is 6.15. The van der Waals surface area contributed by atoms with Gasteiger partial charge in [0.1, 0.15) is 0 Å². The van der Waals surface area contributed by atoms with Gasteiger partial charge in [0.05, 0.1) is 0 Å². The van der Waals surface area contributed by atoms with Crippen LogP contribution in [0.5, 0.6) is 0 Å². The van der Waals surface area contributed by atoms with E-state index in [0.717, 1.165) is 25.9 Å². The molecule has 0 heterocycles. The van der Waals surface area contributed by atoms with E-state index < -0.39 is 0 Å². The summed E-state index contributed by atoms with van der Waals surface area (Å²) < 4.78 is 0. The van der Waals surface area contributed by atoms with Crippen LogP contribution in [0.1, 0.15) is 25.8 Å². The second-order valence-corrected chi connectivity index (χ2v) is 4.58. The summed E-state index contributed by atoms with van der Waals surface area (Å²) in [5.41, 5.74) is 7.10. The molecule has 0 aliphatic carbocycles. The zero-order valence-electron chi connectivity index (χ0n) is 9.79. The molecular weight excluding hydrogens is 184 g/mol. The van der Waals surface area contributed by atoms with Gasteiger partial charge in [0.15, 0.2) is 0 Å². The first kappa shape index (κ1) is 12.2. The first-order chi connectivity index (χ1) is 7.14. The Morgan fingerprint density at radius 1 is 1.20 bits per heavy atom. The van der Waals surface area contributed by atoms with Gasteiger partial charge in [-0.05, 0) is 45.3 Å². The monoisotopic (exact) mass is 206 g/mol. The Labute approximate surface area is 92.9 Å². The topological polar surface area (TPSA) is 38.0 Å². The van der Waals surface area contributed by atoms with Gasteiger partial charge in [-0.2, -0.15) is 0 Å². The van der Waals surface area contributed by atoms with Gasteiger partial charge in [0.25, 0.3) is 0 Å². The number of rotatable bonds is 6. The fourth-order valence-corrected chi connectivity index (χ4v) is 1.64. The molecule has 1 rings (SSSR count). The molecule has 0 aromatic heterocycles. The lowest BCUT2D eigenvalue weighted by Crippen LogP contribution is -2.41. The summed E-state index contributed by atoms with van der Waals surface area (Å²) in [4.78, 5) is 0. The first-order valence-corrected chi connectivity index (χ1v) is 5.63. The van der Waals surface area contributed by atoms with Gasteiger partial charge in [-0.3, -0.25) is 0 Å². The third-order valence-electron chi connectivity index (χ3n) is 2.63. The molecule has 0 unspecified atom stereocenters. The van der Waals surface area contributed by atoms with E-state index in [1.807, 2.05) is 0 Å². The summed E-state index contributed by atoms with van der Waals surface area (Å²) in [6.07, 6.45) is 2.09. The maximum Gasteiger partial charge on any atom is 0.0137 e. The van der Waals surface area contributed by atoms with E-state index in [-0.39, 0.29) is 5.54 Å². The van der Waals surface area contributed by atoms with Crippen LogP contribution in [0.15, 0.2) is 30.3 Å². The smallest absolute Gasteiger partial charge is 0.0137 e. The van der Waals surface area contributed by atoms with Gasteiger partial charge in [-0.15, -0.1) is 0 Å². The Kier molecular flexibility index (Phi) is 4.79. The number of nitrogens with two attached hydrogens (primary N) is 1. The molecule has 0 bridgehead atoms. The van der Waals surface area contributed by atoms with Crippen LogP contribution in [-0.4, -0.2) is 18.6 Å². The van der Waals surface area contributed by atoms with E-state index in [2.05, 4.69) is 49.5 Å². The molecule has 2 nitrogen and oxygen atoms in total. The number of hydrogen-bond donors (Lipinski definition) is 2. The van der Waals surface area contributed by atoms with Crippen LogP contribution >= 0.6 is 0 Å². The standard InChI is InChI=1S/C13H22N2/c1-13(2,9-10-14)15-11-8-12-6-4-3-5-7-12/h3-7,15H,8-11,14H2,1-2H3. The first-order valence-electron chi connectivity index (χ1n) is 5.63. The molecule has 0 saturated carbocycles. The SMILES string of the molecule is CC(C)(CCN)NCCc1ccccc1. The number of nitrogens with one attached hydrogen (secondary N) is 1. The molecule has 0 saturated heterocycles. The zero-order valence-corrected chi connectivity index (χ0v) is 9.79. The lowest BCUT2D eigenvalue weighted by atomic mass is 10.0. The molecule has 0 atom stereocenters. The van der Waals surface area contributed by atoms with Crippen molar-refractivity contribution in [3.63, 3.8) is 0 Å². The van der Waals surface area contributed by atoms with Crippen molar-refractivity contribution in [2.45, 2.75) is 32.2 Å². The van der Waals surface area contributed by atoms with E-state index in [0.29, 0.717) is 0 Å². The minimum absolute atomic E-state index is 0.156. The van der Waals surface area contributed by atoms with Gasteiger partial charge in [-0.25, -0.2) is 0 Å². The predicted octanol–water partition coefficient (Wildman–Crippen LogP) is 1.95. The van der Waals surface area contributed by atoms with E-state index >= 15 is 0 Å². The molecular formula is C13H22N2. The quantitative estimate of drug-likeness (QED) is 0.746. The third kappa shape index (κ3) is 4.96. The molecule has 0 aliphatic rings. The van der Waals surface area contributed by atoms with E-state index in [1.54, 1.807) is 0 Å². The van der Waals surface area contributed by atoms with Crippen molar-refractivity contribution < 1.29 is 0 Å². The van der Waals surface area contributed by atoms with Crippen molar-refractivity contribution in [3.05, 3.63) is 35.9 Å². The van der Waals surface area contributed by atoms with Crippen LogP contribution in [0.3, 0.4) is 0 Å². The molecule has 3 N–H and O–H groups in total. The molecule has 84 valence electrons. The Balaban J connectivity index is 2.27. The highest BCUT2D eigenvalue weighted by Crippen LogP contribution is 2.07. The van der Waals surface area contributed by atoms with Crippen LogP contribution in [0.25, 0.3) is 0 Å². The van der Waals surface area contributed by atoms with Gasteiger partial charge in [0, 0.05) is 5.54 Å².